The van der Waals surface area contributed by atoms with E-state index in [0.717, 1.165) is 16.9 Å². The molecule has 108 valence electrons. The van der Waals surface area contributed by atoms with Gasteiger partial charge < -0.3 is 0 Å². The molecule has 1 aromatic heterocycles. The van der Waals surface area contributed by atoms with E-state index >= 15 is 0 Å². The molecule has 0 aliphatic rings. The van der Waals surface area contributed by atoms with Crippen molar-refractivity contribution in [1.82, 2.24) is 4.98 Å². The third kappa shape index (κ3) is 3.29. The molecule has 2 aromatic rings. The van der Waals surface area contributed by atoms with Crippen molar-refractivity contribution >= 4 is 33.8 Å². The smallest absolute Gasteiger partial charge is 0.282 e. The molecule has 8 heteroatoms. The molecule has 1 heterocycles. The van der Waals surface area contributed by atoms with E-state index < -0.39 is 10.8 Å². The summed E-state index contributed by atoms with van der Waals surface area (Å²) in [6.07, 6.45) is 0. The number of nitrogens with one attached hydrogen (secondary N) is 1. The highest BCUT2D eigenvalue weighted by Crippen LogP contribution is 2.22. The number of thiazole rings is 1. The highest BCUT2D eigenvalue weighted by molar-refractivity contribution is 7.14. The maximum Gasteiger partial charge on any atom is 0.282 e. The number of hydrogen-bond acceptors (Lipinski definition) is 6. The highest BCUT2D eigenvalue weighted by Gasteiger charge is 2.21. The highest BCUT2D eigenvalue weighted by atomic mass is 32.1. The number of nitro benzene ring substituents is 1. The summed E-state index contributed by atoms with van der Waals surface area (Å²) in [6.45, 7) is 3.10. The minimum absolute atomic E-state index is 0.0421. The summed E-state index contributed by atoms with van der Waals surface area (Å²) >= 11 is 1.09. The van der Waals surface area contributed by atoms with Crippen molar-refractivity contribution in [3.8, 4) is 0 Å². The quantitative estimate of drug-likeness (QED) is 0.531. The van der Waals surface area contributed by atoms with E-state index in [1.54, 1.807) is 13.0 Å². The van der Waals surface area contributed by atoms with Crippen LogP contribution in [-0.2, 0) is 0 Å². The first-order chi connectivity index (χ1) is 9.88. The topological polar surface area (TPSA) is 102 Å². The van der Waals surface area contributed by atoms with E-state index in [2.05, 4.69) is 10.3 Å². The number of benzene rings is 1. The molecule has 0 bridgehead atoms. The van der Waals surface area contributed by atoms with Crippen LogP contribution in [0.4, 0.5) is 10.8 Å². The molecule has 1 N–H and O–H groups in total. The lowest BCUT2D eigenvalue weighted by Gasteiger charge is -2.04. The first-order valence-electron chi connectivity index (χ1n) is 5.91. The molecule has 0 spiro atoms. The fourth-order valence-electron chi connectivity index (χ4n) is 1.65. The Morgan fingerprint density at radius 3 is 2.67 bits per heavy atom. The second kappa shape index (κ2) is 5.80. The Morgan fingerprint density at radius 2 is 2.10 bits per heavy atom. The Labute approximate surface area is 123 Å². The lowest BCUT2D eigenvalue weighted by Crippen LogP contribution is -2.14. The minimum atomic E-state index is -0.630. The van der Waals surface area contributed by atoms with Gasteiger partial charge in [-0.15, -0.1) is 11.3 Å². The first kappa shape index (κ1) is 14.8. The second-order valence-corrected chi connectivity index (χ2v) is 5.18. The van der Waals surface area contributed by atoms with Crippen LogP contribution in [-0.4, -0.2) is 21.6 Å². The van der Waals surface area contributed by atoms with Gasteiger partial charge >= 0.3 is 0 Å². The Hall–Kier alpha value is -2.61. The van der Waals surface area contributed by atoms with Crippen molar-refractivity contribution in [3.05, 3.63) is 50.5 Å². The van der Waals surface area contributed by atoms with Gasteiger partial charge in [-0.3, -0.25) is 25.0 Å². The van der Waals surface area contributed by atoms with E-state index in [1.807, 2.05) is 0 Å². The summed E-state index contributed by atoms with van der Waals surface area (Å²) < 4.78 is 0. The molecule has 0 unspecified atom stereocenters. The van der Waals surface area contributed by atoms with Crippen molar-refractivity contribution in [3.63, 3.8) is 0 Å². The Morgan fingerprint density at radius 1 is 1.38 bits per heavy atom. The molecule has 1 amide bonds. The third-order valence-electron chi connectivity index (χ3n) is 2.68. The van der Waals surface area contributed by atoms with Crippen molar-refractivity contribution in [2.75, 3.05) is 5.32 Å². The van der Waals surface area contributed by atoms with Crippen LogP contribution >= 0.6 is 11.3 Å². The molecule has 2 rings (SSSR count). The van der Waals surface area contributed by atoms with E-state index in [-0.39, 0.29) is 27.9 Å². The molecular formula is C13H11N3O4S. The van der Waals surface area contributed by atoms with Gasteiger partial charge in [-0.05, 0) is 18.6 Å². The van der Waals surface area contributed by atoms with E-state index in [0.29, 0.717) is 0 Å². The largest absolute Gasteiger partial charge is 0.298 e. The van der Waals surface area contributed by atoms with E-state index in [1.165, 1.54) is 24.4 Å². The fourth-order valence-corrected chi connectivity index (χ4v) is 2.39. The van der Waals surface area contributed by atoms with Gasteiger partial charge in [-0.25, -0.2) is 4.98 Å². The number of ketones is 1. The van der Waals surface area contributed by atoms with Crippen LogP contribution < -0.4 is 5.32 Å². The van der Waals surface area contributed by atoms with Crippen molar-refractivity contribution < 1.29 is 14.5 Å². The number of aryl methyl sites for hydroxylation is 1. The van der Waals surface area contributed by atoms with Gasteiger partial charge in [-0.2, -0.15) is 0 Å². The van der Waals surface area contributed by atoms with Crippen LogP contribution in [0.1, 0.15) is 33.3 Å². The zero-order valence-electron chi connectivity index (χ0n) is 11.2. The van der Waals surface area contributed by atoms with Crippen molar-refractivity contribution in [2.45, 2.75) is 13.8 Å². The van der Waals surface area contributed by atoms with Gasteiger partial charge in [0.05, 0.1) is 4.92 Å². The zero-order chi connectivity index (χ0) is 15.6. The molecule has 21 heavy (non-hydrogen) atoms. The number of nitrogens with zero attached hydrogens (tertiary/aromatic N) is 2. The standard InChI is InChI=1S/C13H11N3O4S/c1-7-3-4-11(16(19)20)9(5-7)12(18)15-13-14-10(6-21-13)8(2)17/h3-6H,1-2H3,(H,14,15,18). The summed E-state index contributed by atoms with van der Waals surface area (Å²) in [5.41, 5.74) is 0.657. The van der Waals surface area contributed by atoms with Crippen LogP contribution in [0.2, 0.25) is 0 Å². The molecule has 0 fully saturated rings. The molecule has 1 aromatic carbocycles. The summed E-state index contributed by atoms with van der Waals surface area (Å²) in [5.74, 6) is -0.844. The number of rotatable bonds is 4. The SMILES string of the molecule is CC(=O)c1csc(NC(=O)c2cc(C)ccc2[N+](=O)[O-])n1. The number of nitro groups is 1. The number of Topliss-reactive ketones (excluding diaryl/α,β-unsaturated/α-hetero) is 1. The van der Waals surface area contributed by atoms with Crippen LogP contribution in [0.15, 0.2) is 23.6 Å². The summed E-state index contributed by atoms with van der Waals surface area (Å²) in [6, 6.07) is 4.28. The predicted octanol–water partition coefficient (Wildman–Crippen LogP) is 2.81. The van der Waals surface area contributed by atoms with E-state index in [9.17, 15) is 19.7 Å². The Bertz CT molecular complexity index is 739. The van der Waals surface area contributed by atoms with Gasteiger partial charge in [0, 0.05) is 18.4 Å². The van der Waals surface area contributed by atoms with Crippen LogP contribution in [0.3, 0.4) is 0 Å². The van der Waals surface area contributed by atoms with Gasteiger partial charge in [0.2, 0.25) is 0 Å². The van der Waals surface area contributed by atoms with Crippen molar-refractivity contribution in [2.24, 2.45) is 0 Å². The van der Waals surface area contributed by atoms with Gasteiger partial charge in [-0.1, -0.05) is 6.07 Å². The number of amides is 1. The molecule has 7 nitrogen and oxygen atoms in total. The van der Waals surface area contributed by atoms with Crippen molar-refractivity contribution in [1.29, 1.82) is 0 Å². The average Bonchev–Trinajstić information content (AvgIpc) is 2.86. The number of aromatic nitrogens is 1. The summed E-state index contributed by atoms with van der Waals surface area (Å²) in [7, 11) is 0. The number of anilines is 1. The Kier molecular flexibility index (Phi) is 4.08. The second-order valence-electron chi connectivity index (χ2n) is 4.33. The molecule has 0 saturated heterocycles. The first-order valence-corrected chi connectivity index (χ1v) is 6.79. The van der Waals surface area contributed by atoms with Crippen LogP contribution in [0.25, 0.3) is 0 Å². The molecule has 0 aliphatic carbocycles. The summed E-state index contributed by atoms with van der Waals surface area (Å²) in [5, 5.41) is 15.2. The van der Waals surface area contributed by atoms with Gasteiger partial charge in [0.1, 0.15) is 11.3 Å². The van der Waals surface area contributed by atoms with Crippen LogP contribution in [0.5, 0.6) is 0 Å². The predicted molar refractivity (Wildman–Crippen MR) is 77.9 cm³/mol. The lowest BCUT2D eigenvalue weighted by atomic mass is 10.1. The number of hydrogen-bond donors (Lipinski definition) is 1. The zero-order valence-corrected chi connectivity index (χ0v) is 12.1. The van der Waals surface area contributed by atoms with Gasteiger partial charge in [0.15, 0.2) is 10.9 Å². The third-order valence-corrected chi connectivity index (χ3v) is 3.44. The molecule has 0 saturated carbocycles. The molecule has 0 radical (unpaired) electrons. The monoisotopic (exact) mass is 305 g/mol. The van der Waals surface area contributed by atoms with Crippen LogP contribution in [0, 0.1) is 17.0 Å². The average molecular weight is 305 g/mol. The minimum Gasteiger partial charge on any atom is -0.298 e. The maximum absolute atomic E-state index is 12.1. The Balaban J connectivity index is 2.29. The van der Waals surface area contributed by atoms with E-state index in [4.69, 9.17) is 0 Å². The normalized spacial score (nSPS) is 10.2. The van der Waals surface area contributed by atoms with Gasteiger partial charge in [0.25, 0.3) is 11.6 Å². The number of carbonyl (C=O) groups is 2. The summed E-state index contributed by atoms with van der Waals surface area (Å²) in [4.78, 5) is 37.6. The number of carbonyl (C=O) groups excluding carboxylic acids is 2. The lowest BCUT2D eigenvalue weighted by molar-refractivity contribution is -0.385. The fraction of sp³-hybridized carbons (Fsp3) is 0.154. The molecule has 0 aliphatic heterocycles. The molecule has 0 atom stereocenters. The molecular weight excluding hydrogens is 294 g/mol. The maximum atomic E-state index is 12.1.